The van der Waals surface area contributed by atoms with E-state index in [0.29, 0.717) is 17.2 Å². The third kappa shape index (κ3) is 6.31. The first kappa shape index (κ1) is 22.3. The van der Waals surface area contributed by atoms with Crippen LogP contribution in [0.5, 0.6) is 23.0 Å². The minimum atomic E-state index is -3.70. The van der Waals surface area contributed by atoms with Crippen molar-refractivity contribution in [3.63, 3.8) is 0 Å². The van der Waals surface area contributed by atoms with E-state index < -0.39 is 16.0 Å². The lowest BCUT2D eigenvalue weighted by molar-refractivity contribution is -0.134. The Balaban J connectivity index is 1.59. The number of carbonyl (C=O) groups is 1. The second kappa shape index (κ2) is 10.1. The molecule has 0 aromatic heterocycles. The van der Waals surface area contributed by atoms with Gasteiger partial charge in [0.1, 0.15) is 11.5 Å². The highest BCUT2D eigenvalue weighted by atomic mass is 32.2. The summed E-state index contributed by atoms with van der Waals surface area (Å²) in [7, 11) is -2.14. The maximum Gasteiger partial charge on any atom is 0.312 e. The number of methoxy groups -OCH3 is 1. The molecule has 0 unspecified atom stereocenters. The third-order valence-corrected chi connectivity index (χ3v) is 5.77. The summed E-state index contributed by atoms with van der Waals surface area (Å²) in [6, 6.07) is 20.2. The molecule has 0 fully saturated rings. The lowest BCUT2D eigenvalue weighted by Gasteiger charge is -2.12. The lowest BCUT2D eigenvalue weighted by Crippen LogP contribution is -2.27. The van der Waals surface area contributed by atoms with E-state index >= 15 is 0 Å². The van der Waals surface area contributed by atoms with E-state index in [9.17, 15) is 13.2 Å². The maximum atomic E-state index is 12.3. The predicted octanol–water partition coefficient (Wildman–Crippen LogP) is 4.07. The van der Waals surface area contributed by atoms with Gasteiger partial charge in [-0.1, -0.05) is 35.9 Å². The van der Waals surface area contributed by atoms with Crippen LogP contribution in [0.1, 0.15) is 12.0 Å². The predicted molar refractivity (Wildman–Crippen MR) is 116 cm³/mol. The molecule has 0 heterocycles. The van der Waals surface area contributed by atoms with Gasteiger partial charge in [0.2, 0.25) is 10.0 Å². The van der Waals surface area contributed by atoms with Crippen molar-refractivity contribution >= 4 is 16.0 Å². The second-order valence-corrected chi connectivity index (χ2v) is 8.43. The molecule has 162 valence electrons. The molecular formula is C23H23NO6S. The van der Waals surface area contributed by atoms with Crippen molar-refractivity contribution in [1.29, 1.82) is 0 Å². The third-order valence-electron chi connectivity index (χ3n) is 4.29. The Labute approximate surface area is 181 Å². The van der Waals surface area contributed by atoms with Gasteiger partial charge in [-0.05, 0) is 43.3 Å². The standard InChI is InChI=1S/C23H23NO6S/c1-17-10-12-20(13-11-17)31(26,27)24-15-14-23(25)30-22-9-4-3-8-21(22)29-19-7-5-6-18(16-19)28-2/h3-13,16,24H,14-15H2,1-2H3. The molecule has 0 amide bonds. The minimum Gasteiger partial charge on any atom is -0.497 e. The summed E-state index contributed by atoms with van der Waals surface area (Å²) in [6.07, 6.45) is -0.140. The van der Waals surface area contributed by atoms with Crippen LogP contribution in [0.4, 0.5) is 0 Å². The van der Waals surface area contributed by atoms with Crippen LogP contribution >= 0.6 is 0 Å². The molecule has 0 radical (unpaired) electrons. The van der Waals surface area contributed by atoms with Crippen molar-refractivity contribution < 1.29 is 27.4 Å². The summed E-state index contributed by atoms with van der Waals surface area (Å²) < 4.78 is 43.4. The van der Waals surface area contributed by atoms with Crippen LogP contribution in [0.25, 0.3) is 0 Å². The molecule has 3 rings (SSSR count). The van der Waals surface area contributed by atoms with E-state index in [4.69, 9.17) is 14.2 Å². The van der Waals surface area contributed by atoms with Crippen molar-refractivity contribution in [1.82, 2.24) is 4.72 Å². The lowest BCUT2D eigenvalue weighted by atomic mass is 10.2. The van der Waals surface area contributed by atoms with Gasteiger partial charge >= 0.3 is 5.97 Å². The molecule has 3 aromatic rings. The van der Waals surface area contributed by atoms with E-state index in [1.54, 1.807) is 67.8 Å². The van der Waals surface area contributed by atoms with Crippen molar-refractivity contribution in [2.75, 3.05) is 13.7 Å². The van der Waals surface area contributed by atoms with Gasteiger partial charge in [0.25, 0.3) is 0 Å². The zero-order valence-corrected chi connectivity index (χ0v) is 18.0. The van der Waals surface area contributed by atoms with Crippen LogP contribution in [0.2, 0.25) is 0 Å². The van der Waals surface area contributed by atoms with E-state index in [1.165, 1.54) is 12.1 Å². The molecule has 3 aromatic carbocycles. The number of carbonyl (C=O) groups excluding carboxylic acids is 1. The van der Waals surface area contributed by atoms with Crippen LogP contribution in [0, 0.1) is 6.92 Å². The summed E-state index contributed by atoms with van der Waals surface area (Å²) in [6.45, 7) is 1.78. The second-order valence-electron chi connectivity index (χ2n) is 6.66. The molecule has 0 saturated carbocycles. The Morgan fingerprint density at radius 1 is 0.903 bits per heavy atom. The van der Waals surface area contributed by atoms with Crippen LogP contribution in [0.3, 0.4) is 0 Å². The highest BCUT2D eigenvalue weighted by Crippen LogP contribution is 2.32. The van der Waals surface area contributed by atoms with E-state index in [0.717, 1.165) is 5.56 Å². The molecule has 8 heteroatoms. The normalized spacial score (nSPS) is 11.0. The molecule has 0 bridgehead atoms. The minimum absolute atomic E-state index is 0.0893. The number of aryl methyl sites for hydroxylation is 1. The number of esters is 1. The quantitative estimate of drug-likeness (QED) is 0.398. The summed E-state index contributed by atoms with van der Waals surface area (Å²) >= 11 is 0. The molecule has 0 aliphatic carbocycles. The number of ether oxygens (including phenoxy) is 3. The van der Waals surface area contributed by atoms with Crippen LogP contribution in [-0.4, -0.2) is 28.0 Å². The average molecular weight is 442 g/mol. The van der Waals surface area contributed by atoms with Gasteiger partial charge in [0.15, 0.2) is 11.5 Å². The van der Waals surface area contributed by atoms with Crippen molar-refractivity contribution in [2.24, 2.45) is 0 Å². The molecule has 0 aliphatic rings. The Morgan fingerprint density at radius 2 is 1.58 bits per heavy atom. The van der Waals surface area contributed by atoms with Crippen molar-refractivity contribution in [2.45, 2.75) is 18.2 Å². The van der Waals surface area contributed by atoms with Gasteiger partial charge in [-0.2, -0.15) is 0 Å². The number of hydrogen-bond acceptors (Lipinski definition) is 6. The zero-order valence-electron chi connectivity index (χ0n) is 17.2. The average Bonchev–Trinajstić information content (AvgIpc) is 2.75. The maximum absolute atomic E-state index is 12.3. The van der Waals surface area contributed by atoms with Crippen LogP contribution in [0.15, 0.2) is 77.7 Å². The molecule has 0 aliphatic heterocycles. The fourth-order valence-corrected chi connectivity index (χ4v) is 3.70. The van der Waals surface area contributed by atoms with Crippen molar-refractivity contribution in [3.05, 3.63) is 78.4 Å². The number of benzene rings is 3. The number of para-hydroxylation sites is 2. The molecule has 31 heavy (non-hydrogen) atoms. The summed E-state index contributed by atoms with van der Waals surface area (Å²) in [5.74, 6) is 1.15. The fraction of sp³-hybridized carbons (Fsp3) is 0.174. The smallest absolute Gasteiger partial charge is 0.312 e. The highest BCUT2D eigenvalue weighted by Gasteiger charge is 2.16. The summed E-state index contributed by atoms with van der Waals surface area (Å²) in [5.41, 5.74) is 0.956. The first-order chi connectivity index (χ1) is 14.9. The number of sulfonamides is 1. The Kier molecular flexibility index (Phi) is 7.28. The Morgan fingerprint density at radius 3 is 2.29 bits per heavy atom. The Bertz CT molecular complexity index is 1140. The first-order valence-corrected chi connectivity index (χ1v) is 11.0. The fourth-order valence-electron chi connectivity index (χ4n) is 2.67. The van der Waals surface area contributed by atoms with E-state index in [2.05, 4.69) is 4.72 Å². The van der Waals surface area contributed by atoms with Crippen molar-refractivity contribution in [3.8, 4) is 23.0 Å². The number of rotatable bonds is 9. The summed E-state index contributed by atoms with van der Waals surface area (Å²) in [5, 5.41) is 0. The van der Waals surface area contributed by atoms with Gasteiger partial charge in [-0.25, -0.2) is 13.1 Å². The molecule has 7 nitrogen and oxygen atoms in total. The first-order valence-electron chi connectivity index (χ1n) is 9.55. The largest absolute Gasteiger partial charge is 0.497 e. The van der Waals surface area contributed by atoms with Gasteiger partial charge < -0.3 is 14.2 Å². The zero-order chi connectivity index (χ0) is 22.3. The van der Waals surface area contributed by atoms with Crippen LogP contribution in [-0.2, 0) is 14.8 Å². The molecule has 0 saturated heterocycles. The molecular weight excluding hydrogens is 418 g/mol. The van der Waals surface area contributed by atoms with E-state index in [-0.39, 0.29) is 23.6 Å². The summed E-state index contributed by atoms with van der Waals surface area (Å²) in [4.78, 5) is 12.4. The molecule has 0 spiro atoms. The van der Waals surface area contributed by atoms with Gasteiger partial charge in [-0.15, -0.1) is 0 Å². The van der Waals surface area contributed by atoms with Gasteiger partial charge in [0.05, 0.1) is 18.4 Å². The highest BCUT2D eigenvalue weighted by molar-refractivity contribution is 7.89. The van der Waals surface area contributed by atoms with Gasteiger partial charge in [-0.3, -0.25) is 4.79 Å². The van der Waals surface area contributed by atoms with Crippen LogP contribution < -0.4 is 18.9 Å². The number of hydrogen-bond donors (Lipinski definition) is 1. The molecule has 0 atom stereocenters. The number of nitrogens with one attached hydrogen (secondary N) is 1. The molecule has 1 N–H and O–H groups in total. The monoisotopic (exact) mass is 441 g/mol. The van der Waals surface area contributed by atoms with Gasteiger partial charge in [0, 0.05) is 12.6 Å². The van der Waals surface area contributed by atoms with E-state index in [1.807, 2.05) is 6.92 Å². The topological polar surface area (TPSA) is 90.9 Å². The Hall–Kier alpha value is -3.36. The SMILES string of the molecule is COc1cccc(Oc2ccccc2OC(=O)CCNS(=O)(=O)c2ccc(C)cc2)c1.